The lowest BCUT2D eigenvalue weighted by Crippen LogP contribution is -2.14. The van der Waals surface area contributed by atoms with Crippen LogP contribution < -0.4 is 5.32 Å². The molecule has 0 aliphatic heterocycles. The number of tetrazole rings is 1. The summed E-state index contributed by atoms with van der Waals surface area (Å²) in [5.74, 6) is 0.135. The Morgan fingerprint density at radius 1 is 1.69 bits per heavy atom. The molecule has 0 saturated carbocycles. The lowest BCUT2D eigenvalue weighted by molar-refractivity contribution is -0.113. The van der Waals surface area contributed by atoms with Crippen LogP contribution in [0.2, 0.25) is 0 Å². The van der Waals surface area contributed by atoms with Gasteiger partial charge in [-0.05, 0) is 10.4 Å². The van der Waals surface area contributed by atoms with Crippen molar-refractivity contribution in [3.05, 3.63) is 11.6 Å². The molecule has 1 amide bonds. The number of nitrogens with zero attached hydrogens (tertiary/aromatic N) is 5. The molecule has 0 bridgehead atoms. The standard InChI is InChI=1S/C7H8N6OS2/c1-13-7(10-11-12-13)16-4-5(14)9-6-8-2-3-15-6/h2-3H,4H2,1H3,(H,8,9,14). The molecule has 0 atom stereocenters. The smallest absolute Gasteiger partial charge is 0.236 e. The van der Waals surface area contributed by atoms with Crippen molar-refractivity contribution in [1.82, 2.24) is 25.2 Å². The summed E-state index contributed by atoms with van der Waals surface area (Å²) in [6.45, 7) is 0. The molecule has 0 aliphatic rings. The minimum Gasteiger partial charge on any atom is -0.301 e. The van der Waals surface area contributed by atoms with Crippen molar-refractivity contribution in [2.24, 2.45) is 7.05 Å². The third-order valence-electron chi connectivity index (χ3n) is 1.59. The largest absolute Gasteiger partial charge is 0.301 e. The molecule has 0 aliphatic carbocycles. The van der Waals surface area contributed by atoms with Crippen LogP contribution in [0, 0.1) is 0 Å². The molecule has 0 saturated heterocycles. The average Bonchev–Trinajstić information content (AvgIpc) is 2.87. The van der Waals surface area contributed by atoms with Gasteiger partial charge in [-0.25, -0.2) is 9.67 Å². The van der Waals surface area contributed by atoms with Crippen LogP contribution >= 0.6 is 23.1 Å². The number of hydrogen-bond donors (Lipinski definition) is 1. The van der Waals surface area contributed by atoms with Gasteiger partial charge in [-0.15, -0.1) is 16.4 Å². The van der Waals surface area contributed by atoms with Crippen LogP contribution in [-0.2, 0) is 11.8 Å². The number of amides is 1. The van der Waals surface area contributed by atoms with Gasteiger partial charge in [-0.1, -0.05) is 11.8 Å². The van der Waals surface area contributed by atoms with E-state index in [1.165, 1.54) is 27.8 Å². The Labute approximate surface area is 99.3 Å². The normalized spacial score (nSPS) is 10.3. The van der Waals surface area contributed by atoms with Gasteiger partial charge in [0, 0.05) is 18.6 Å². The van der Waals surface area contributed by atoms with E-state index in [0.717, 1.165) is 0 Å². The van der Waals surface area contributed by atoms with Crippen LogP contribution in [0.25, 0.3) is 0 Å². The average molecular weight is 256 g/mol. The number of nitrogens with one attached hydrogen (secondary N) is 1. The van der Waals surface area contributed by atoms with Crippen LogP contribution in [0.3, 0.4) is 0 Å². The molecule has 0 aromatic carbocycles. The third-order valence-corrected chi connectivity index (χ3v) is 3.29. The zero-order chi connectivity index (χ0) is 11.4. The van der Waals surface area contributed by atoms with Crippen molar-refractivity contribution in [3.63, 3.8) is 0 Å². The highest BCUT2D eigenvalue weighted by molar-refractivity contribution is 7.99. The maximum atomic E-state index is 11.5. The van der Waals surface area contributed by atoms with E-state index in [1.54, 1.807) is 18.6 Å². The number of carbonyl (C=O) groups is 1. The fraction of sp³-hybridized carbons (Fsp3) is 0.286. The molecule has 9 heteroatoms. The number of thiazole rings is 1. The SMILES string of the molecule is Cn1nnnc1SCC(=O)Nc1nccs1. The van der Waals surface area contributed by atoms with E-state index in [4.69, 9.17) is 0 Å². The maximum absolute atomic E-state index is 11.5. The minimum atomic E-state index is -0.122. The second kappa shape index (κ2) is 5.03. The highest BCUT2D eigenvalue weighted by Gasteiger charge is 2.08. The summed E-state index contributed by atoms with van der Waals surface area (Å²) in [4.78, 5) is 15.4. The van der Waals surface area contributed by atoms with Gasteiger partial charge in [0.05, 0.1) is 5.75 Å². The molecule has 0 fully saturated rings. The molecule has 16 heavy (non-hydrogen) atoms. The molecule has 0 spiro atoms. The van der Waals surface area contributed by atoms with Crippen LogP contribution in [-0.4, -0.2) is 36.9 Å². The summed E-state index contributed by atoms with van der Waals surface area (Å²) in [5.41, 5.74) is 0. The van der Waals surface area contributed by atoms with Gasteiger partial charge in [-0.3, -0.25) is 4.79 Å². The molecule has 0 radical (unpaired) electrons. The maximum Gasteiger partial charge on any atom is 0.236 e. The fourth-order valence-electron chi connectivity index (χ4n) is 0.914. The van der Waals surface area contributed by atoms with Gasteiger partial charge in [0.2, 0.25) is 11.1 Å². The number of thioether (sulfide) groups is 1. The van der Waals surface area contributed by atoms with Crippen molar-refractivity contribution < 1.29 is 4.79 Å². The van der Waals surface area contributed by atoms with Gasteiger partial charge in [-0.2, -0.15) is 0 Å². The number of hydrogen-bond acceptors (Lipinski definition) is 7. The molecule has 2 rings (SSSR count). The summed E-state index contributed by atoms with van der Waals surface area (Å²) in [7, 11) is 1.72. The number of aryl methyl sites for hydroxylation is 1. The Bertz CT molecular complexity index is 467. The molecule has 2 aromatic heterocycles. The topological polar surface area (TPSA) is 85.6 Å². The van der Waals surface area contributed by atoms with E-state index >= 15 is 0 Å². The highest BCUT2D eigenvalue weighted by Crippen LogP contribution is 2.14. The van der Waals surface area contributed by atoms with Crippen molar-refractivity contribution in [2.45, 2.75) is 5.16 Å². The molecule has 2 heterocycles. The molecule has 7 nitrogen and oxygen atoms in total. The first-order chi connectivity index (χ1) is 7.75. The molecule has 84 valence electrons. The number of anilines is 1. The molecule has 1 N–H and O–H groups in total. The van der Waals surface area contributed by atoms with Crippen molar-refractivity contribution in [2.75, 3.05) is 11.1 Å². The summed E-state index contributed by atoms with van der Waals surface area (Å²) in [6, 6.07) is 0. The quantitative estimate of drug-likeness (QED) is 0.797. The fourth-order valence-corrected chi connectivity index (χ4v) is 2.11. The third kappa shape index (κ3) is 2.76. The van der Waals surface area contributed by atoms with E-state index in [0.29, 0.717) is 10.3 Å². The predicted octanol–water partition coefficient (Wildman–Crippen LogP) is 0.397. The summed E-state index contributed by atoms with van der Waals surface area (Å²) >= 11 is 2.66. The summed E-state index contributed by atoms with van der Waals surface area (Å²) in [6.07, 6.45) is 1.64. The molecule has 2 aromatic rings. The van der Waals surface area contributed by atoms with Crippen LogP contribution in [0.4, 0.5) is 5.13 Å². The Morgan fingerprint density at radius 2 is 2.56 bits per heavy atom. The summed E-state index contributed by atoms with van der Waals surface area (Å²) < 4.78 is 1.52. The molecule has 0 unspecified atom stereocenters. The van der Waals surface area contributed by atoms with Gasteiger partial charge >= 0.3 is 0 Å². The van der Waals surface area contributed by atoms with E-state index < -0.39 is 0 Å². The zero-order valence-electron chi connectivity index (χ0n) is 8.32. The first-order valence-corrected chi connectivity index (χ1v) is 6.17. The van der Waals surface area contributed by atoms with Gasteiger partial charge in [0.25, 0.3) is 0 Å². The monoisotopic (exact) mass is 256 g/mol. The van der Waals surface area contributed by atoms with E-state index in [-0.39, 0.29) is 11.7 Å². The van der Waals surface area contributed by atoms with E-state index in [9.17, 15) is 4.79 Å². The highest BCUT2D eigenvalue weighted by atomic mass is 32.2. The second-order valence-electron chi connectivity index (χ2n) is 2.76. The van der Waals surface area contributed by atoms with Crippen molar-refractivity contribution in [3.8, 4) is 0 Å². The Balaban J connectivity index is 1.82. The number of rotatable bonds is 4. The van der Waals surface area contributed by atoms with Gasteiger partial charge in [0.15, 0.2) is 5.13 Å². The lowest BCUT2D eigenvalue weighted by Gasteiger charge is -2.00. The van der Waals surface area contributed by atoms with Gasteiger partial charge < -0.3 is 5.32 Å². The van der Waals surface area contributed by atoms with Gasteiger partial charge in [0.1, 0.15) is 0 Å². The van der Waals surface area contributed by atoms with Crippen LogP contribution in [0.15, 0.2) is 16.7 Å². The molecular formula is C7H8N6OS2. The van der Waals surface area contributed by atoms with Crippen molar-refractivity contribution in [1.29, 1.82) is 0 Å². The second-order valence-corrected chi connectivity index (χ2v) is 4.60. The number of carbonyl (C=O) groups excluding carboxylic acids is 1. The Morgan fingerprint density at radius 3 is 3.19 bits per heavy atom. The number of aromatic nitrogens is 5. The minimum absolute atomic E-state index is 0.122. The van der Waals surface area contributed by atoms with Crippen LogP contribution in [0.5, 0.6) is 0 Å². The zero-order valence-corrected chi connectivity index (χ0v) is 9.96. The first kappa shape index (κ1) is 11.0. The Hall–Kier alpha value is -1.48. The summed E-state index contributed by atoms with van der Waals surface area (Å²) in [5, 5.41) is 16.6. The van der Waals surface area contributed by atoms with E-state index in [2.05, 4.69) is 25.8 Å². The predicted molar refractivity (Wildman–Crippen MR) is 60.3 cm³/mol. The van der Waals surface area contributed by atoms with E-state index in [1.807, 2.05) is 0 Å². The van der Waals surface area contributed by atoms with Crippen LogP contribution in [0.1, 0.15) is 0 Å². The Kier molecular flexibility index (Phi) is 3.47. The lowest BCUT2D eigenvalue weighted by atomic mass is 10.7. The first-order valence-electron chi connectivity index (χ1n) is 4.30. The van der Waals surface area contributed by atoms with Crippen molar-refractivity contribution >= 4 is 34.1 Å². The molecular weight excluding hydrogens is 248 g/mol.